The Morgan fingerprint density at radius 1 is 1.11 bits per heavy atom. The first-order valence-electron chi connectivity index (χ1n) is 6.87. The molecule has 1 saturated heterocycles. The van der Waals surface area contributed by atoms with Crippen LogP contribution in [0, 0.1) is 5.92 Å². The van der Waals surface area contributed by atoms with E-state index >= 15 is 0 Å². The molecule has 0 aromatic heterocycles. The summed E-state index contributed by atoms with van der Waals surface area (Å²) in [7, 11) is 2.10. The largest absolute Gasteiger partial charge is 0.356 e. The van der Waals surface area contributed by atoms with Crippen molar-refractivity contribution in [2.75, 3.05) is 33.2 Å². The molecule has 0 atom stereocenters. The Balaban J connectivity index is 1.78. The van der Waals surface area contributed by atoms with Crippen molar-refractivity contribution < 1.29 is 9.59 Å². The van der Waals surface area contributed by atoms with Gasteiger partial charge in [0.15, 0.2) is 0 Å². The van der Waals surface area contributed by atoms with E-state index in [4.69, 9.17) is 0 Å². The summed E-state index contributed by atoms with van der Waals surface area (Å²) >= 11 is 0. The Hall–Kier alpha value is -1.10. The standard InChI is InChI=1S/C13H23N3O2/c1-15-6-8-16(9-7-15)13(18)11-2-4-12(5-3-11)14-10-17/h10-12H,2-9H2,1H3,(H,14,17). The molecule has 0 radical (unpaired) electrons. The molecule has 0 spiro atoms. The van der Waals surface area contributed by atoms with Crippen molar-refractivity contribution in [1.82, 2.24) is 15.1 Å². The van der Waals surface area contributed by atoms with Crippen molar-refractivity contribution in [2.45, 2.75) is 31.7 Å². The lowest BCUT2D eigenvalue weighted by Crippen LogP contribution is -2.49. The zero-order valence-electron chi connectivity index (χ0n) is 11.1. The van der Waals surface area contributed by atoms with Crippen LogP contribution in [0.1, 0.15) is 25.7 Å². The van der Waals surface area contributed by atoms with E-state index in [1.165, 1.54) is 0 Å². The molecule has 5 nitrogen and oxygen atoms in total. The van der Waals surface area contributed by atoms with Gasteiger partial charge in [-0.15, -0.1) is 0 Å². The van der Waals surface area contributed by atoms with Gasteiger partial charge in [-0.2, -0.15) is 0 Å². The van der Waals surface area contributed by atoms with Crippen LogP contribution in [0.3, 0.4) is 0 Å². The van der Waals surface area contributed by atoms with Gasteiger partial charge in [0, 0.05) is 38.1 Å². The van der Waals surface area contributed by atoms with Crippen LogP contribution >= 0.6 is 0 Å². The molecule has 0 aromatic carbocycles. The Bertz CT molecular complexity index is 293. The SMILES string of the molecule is CN1CCN(C(=O)C2CCC(NC=O)CC2)CC1. The van der Waals surface area contributed by atoms with E-state index in [1.807, 2.05) is 4.90 Å². The Kier molecular flexibility index (Phi) is 4.58. The first-order valence-corrected chi connectivity index (χ1v) is 6.87. The van der Waals surface area contributed by atoms with Gasteiger partial charge in [0.2, 0.25) is 12.3 Å². The molecule has 2 fully saturated rings. The fourth-order valence-corrected chi connectivity index (χ4v) is 2.89. The maximum atomic E-state index is 12.3. The van der Waals surface area contributed by atoms with Crippen LogP contribution in [-0.2, 0) is 9.59 Å². The van der Waals surface area contributed by atoms with Crippen LogP contribution in [0.15, 0.2) is 0 Å². The Labute approximate surface area is 108 Å². The number of piperazine rings is 1. The van der Waals surface area contributed by atoms with Crippen molar-refractivity contribution in [3.05, 3.63) is 0 Å². The van der Waals surface area contributed by atoms with Crippen molar-refractivity contribution >= 4 is 12.3 Å². The van der Waals surface area contributed by atoms with Crippen LogP contribution in [0.5, 0.6) is 0 Å². The summed E-state index contributed by atoms with van der Waals surface area (Å²) in [5.41, 5.74) is 0. The first-order chi connectivity index (χ1) is 8.70. The third-order valence-electron chi connectivity index (χ3n) is 4.20. The highest BCUT2D eigenvalue weighted by Crippen LogP contribution is 2.26. The van der Waals surface area contributed by atoms with Gasteiger partial charge in [-0.05, 0) is 32.7 Å². The van der Waals surface area contributed by atoms with Gasteiger partial charge in [0.25, 0.3) is 0 Å². The van der Waals surface area contributed by atoms with Crippen LogP contribution in [0.4, 0.5) is 0 Å². The molecule has 5 heteroatoms. The van der Waals surface area contributed by atoms with Gasteiger partial charge >= 0.3 is 0 Å². The summed E-state index contributed by atoms with van der Waals surface area (Å²) in [6, 6.07) is 0.277. The van der Waals surface area contributed by atoms with Gasteiger partial charge in [0.05, 0.1) is 0 Å². The van der Waals surface area contributed by atoms with Crippen LogP contribution in [0.2, 0.25) is 0 Å². The number of hydrogen-bond donors (Lipinski definition) is 1. The molecule has 2 rings (SSSR count). The van der Waals surface area contributed by atoms with E-state index in [-0.39, 0.29) is 12.0 Å². The number of rotatable bonds is 3. The van der Waals surface area contributed by atoms with E-state index in [0.29, 0.717) is 5.91 Å². The number of amides is 2. The average Bonchev–Trinajstić information content (AvgIpc) is 2.40. The molecule has 2 amide bonds. The number of carbonyl (C=O) groups is 2. The number of carbonyl (C=O) groups excluding carboxylic acids is 2. The molecule has 2 aliphatic rings. The molecule has 18 heavy (non-hydrogen) atoms. The molecular weight excluding hydrogens is 230 g/mol. The first kappa shape index (κ1) is 13.3. The summed E-state index contributed by atoms with van der Waals surface area (Å²) in [5.74, 6) is 0.505. The molecule has 0 bridgehead atoms. The second kappa shape index (κ2) is 6.18. The van der Waals surface area contributed by atoms with Gasteiger partial charge in [-0.25, -0.2) is 0 Å². The smallest absolute Gasteiger partial charge is 0.225 e. The minimum absolute atomic E-state index is 0.179. The second-order valence-corrected chi connectivity index (χ2v) is 5.46. The van der Waals surface area contributed by atoms with Crippen molar-refractivity contribution in [2.24, 2.45) is 5.92 Å². The summed E-state index contributed by atoms with van der Waals surface area (Å²) in [5, 5.41) is 2.82. The van der Waals surface area contributed by atoms with Gasteiger partial charge in [-0.1, -0.05) is 0 Å². The molecule has 1 aliphatic carbocycles. The quantitative estimate of drug-likeness (QED) is 0.724. The van der Waals surface area contributed by atoms with Crippen LogP contribution < -0.4 is 5.32 Å². The van der Waals surface area contributed by atoms with E-state index in [0.717, 1.165) is 58.3 Å². The summed E-state index contributed by atoms with van der Waals surface area (Å²) in [4.78, 5) is 27.0. The topological polar surface area (TPSA) is 52.6 Å². The highest BCUT2D eigenvalue weighted by atomic mass is 16.2. The molecule has 1 N–H and O–H groups in total. The molecule has 1 saturated carbocycles. The maximum absolute atomic E-state index is 12.3. The molecular formula is C13H23N3O2. The van der Waals surface area contributed by atoms with E-state index in [2.05, 4.69) is 17.3 Å². The monoisotopic (exact) mass is 253 g/mol. The van der Waals surface area contributed by atoms with Gasteiger partial charge < -0.3 is 15.1 Å². The number of likely N-dealkylation sites (N-methyl/N-ethyl adjacent to an activating group) is 1. The molecule has 0 unspecified atom stereocenters. The second-order valence-electron chi connectivity index (χ2n) is 5.46. The highest BCUT2D eigenvalue weighted by Gasteiger charge is 2.30. The lowest BCUT2D eigenvalue weighted by molar-refractivity contribution is -0.138. The third kappa shape index (κ3) is 3.22. The summed E-state index contributed by atoms with van der Waals surface area (Å²) < 4.78 is 0. The molecule has 1 aliphatic heterocycles. The van der Waals surface area contributed by atoms with Crippen LogP contribution in [0.25, 0.3) is 0 Å². The normalized spacial score (nSPS) is 29.9. The van der Waals surface area contributed by atoms with E-state index < -0.39 is 0 Å². The van der Waals surface area contributed by atoms with Crippen molar-refractivity contribution in [3.63, 3.8) is 0 Å². The fraction of sp³-hybridized carbons (Fsp3) is 0.846. The summed E-state index contributed by atoms with van der Waals surface area (Å²) in [6.07, 6.45) is 4.46. The van der Waals surface area contributed by atoms with Crippen molar-refractivity contribution in [3.8, 4) is 0 Å². The zero-order chi connectivity index (χ0) is 13.0. The molecule has 102 valence electrons. The number of nitrogens with zero attached hydrogens (tertiary/aromatic N) is 2. The predicted octanol–water partition coefficient (Wildman–Crippen LogP) is 0.0652. The van der Waals surface area contributed by atoms with Gasteiger partial charge in [-0.3, -0.25) is 9.59 Å². The Morgan fingerprint density at radius 3 is 2.28 bits per heavy atom. The van der Waals surface area contributed by atoms with E-state index in [1.54, 1.807) is 0 Å². The molecule has 0 aromatic rings. The molecule has 1 heterocycles. The van der Waals surface area contributed by atoms with Crippen LogP contribution in [-0.4, -0.2) is 61.4 Å². The minimum atomic E-state index is 0.179. The van der Waals surface area contributed by atoms with E-state index in [9.17, 15) is 9.59 Å². The predicted molar refractivity (Wildman–Crippen MR) is 69.0 cm³/mol. The highest BCUT2D eigenvalue weighted by molar-refractivity contribution is 5.79. The lowest BCUT2D eigenvalue weighted by atomic mass is 9.85. The lowest BCUT2D eigenvalue weighted by Gasteiger charge is -2.36. The third-order valence-corrected chi connectivity index (χ3v) is 4.20. The Morgan fingerprint density at radius 2 is 1.72 bits per heavy atom. The average molecular weight is 253 g/mol. The maximum Gasteiger partial charge on any atom is 0.225 e. The number of hydrogen-bond acceptors (Lipinski definition) is 3. The van der Waals surface area contributed by atoms with Gasteiger partial charge in [0.1, 0.15) is 0 Å². The fourth-order valence-electron chi connectivity index (χ4n) is 2.89. The number of nitrogens with one attached hydrogen (secondary N) is 1. The summed E-state index contributed by atoms with van der Waals surface area (Å²) in [6.45, 7) is 3.69. The minimum Gasteiger partial charge on any atom is -0.356 e. The zero-order valence-corrected chi connectivity index (χ0v) is 11.1. The van der Waals surface area contributed by atoms with Crippen molar-refractivity contribution in [1.29, 1.82) is 0 Å².